The van der Waals surface area contributed by atoms with Crippen molar-refractivity contribution in [3.8, 4) is 5.75 Å². The third kappa shape index (κ3) is 3.66. The Hall–Kier alpha value is -4.00. The number of fused-ring (bicyclic) bond motifs is 2. The molecule has 0 aliphatic carbocycles. The van der Waals surface area contributed by atoms with Crippen LogP contribution in [0, 0.1) is 6.92 Å². The molecule has 3 heterocycles. The number of nitrogens with zero attached hydrogens (tertiary/aromatic N) is 2. The van der Waals surface area contributed by atoms with E-state index in [4.69, 9.17) is 10.5 Å². The van der Waals surface area contributed by atoms with E-state index >= 15 is 0 Å². The third-order valence-corrected chi connectivity index (χ3v) is 5.55. The number of H-pyrrole nitrogens is 2. The highest BCUT2D eigenvalue weighted by molar-refractivity contribution is 5.88. The molecule has 0 saturated heterocycles. The molecule has 0 bridgehead atoms. The van der Waals surface area contributed by atoms with Gasteiger partial charge in [0.25, 0.3) is 0 Å². The van der Waals surface area contributed by atoms with Gasteiger partial charge in [-0.3, -0.25) is 0 Å². The van der Waals surface area contributed by atoms with E-state index in [0.29, 0.717) is 0 Å². The van der Waals surface area contributed by atoms with E-state index in [1.165, 1.54) is 10.9 Å². The predicted molar refractivity (Wildman–Crippen MR) is 125 cm³/mol. The van der Waals surface area contributed by atoms with Crippen LogP contribution in [-0.2, 0) is 12.8 Å². The molecule has 0 fully saturated rings. The molecule has 7 nitrogen and oxygen atoms in total. The monoisotopic (exact) mass is 412 g/mol. The number of anilines is 3. The van der Waals surface area contributed by atoms with Gasteiger partial charge >= 0.3 is 0 Å². The number of nitrogen functional groups attached to an aromatic ring is 1. The SMILES string of the molecule is COc1cccc2c(CCc3cnc(N)nc3Nc3ccc4[nH]c(C)cc4c3)c[nH]c12. The van der Waals surface area contributed by atoms with Crippen molar-refractivity contribution in [1.82, 2.24) is 19.9 Å². The van der Waals surface area contributed by atoms with Crippen LogP contribution in [0.3, 0.4) is 0 Å². The number of hydrogen-bond donors (Lipinski definition) is 4. The van der Waals surface area contributed by atoms with Crippen LogP contribution in [-0.4, -0.2) is 27.0 Å². The number of rotatable bonds is 6. The number of hydrogen-bond acceptors (Lipinski definition) is 5. The lowest BCUT2D eigenvalue weighted by Crippen LogP contribution is -2.05. The van der Waals surface area contributed by atoms with E-state index in [2.05, 4.69) is 56.4 Å². The van der Waals surface area contributed by atoms with Crippen LogP contribution in [0.1, 0.15) is 16.8 Å². The first-order valence-corrected chi connectivity index (χ1v) is 10.2. The molecule has 7 heteroatoms. The molecule has 0 spiro atoms. The van der Waals surface area contributed by atoms with Gasteiger partial charge in [0.05, 0.1) is 12.6 Å². The predicted octanol–water partition coefficient (Wildman–Crippen LogP) is 4.87. The van der Waals surface area contributed by atoms with Crippen molar-refractivity contribution in [2.75, 3.05) is 18.2 Å². The number of nitrogens with two attached hydrogens (primary N) is 1. The Morgan fingerprint density at radius 3 is 2.84 bits per heavy atom. The zero-order valence-electron chi connectivity index (χ0n) is 17.5. The smallest absolute Gasteiger partial charge is 0.221 e. The Morgan fingerprint density at radius 2 is 1.97 bits per heavy atom. The fraction of sp³-hybridized carbons (Fsp3) is 0.167. The molecule has 0 unspecified atom stereocenters. The van der Waals surface area contributed by atoms with Crippen molar-refractivity contribution in [2.24, 2.45) is 0 Å². The van der Waals surface area contributed by atoms with Crippen LogP contribution in [0.4, 0.5) is 17.5 Å². The molecule has 0 aliphatic rings. The second-order valence-electron chi connectivity index (χ2n) is 7.68. The lowest BCUT2D eigenvalue weighted by molar-refractivity contribution is 0.419. The average molecular weight is 412 g/mol. The minimum absolute atomic E-state index is 0.252. The standard InChI is InChI=1S/C24H24N6O/c1-14-10-17-11-18(8-9-20(17)28-14)29-23-16(13-27-24(25)30-23)7-6-15-12-26-22-19(15)4-3-5-21(22)31-2/h3-5,8-13,26,28H,6-7H2,1-2H3,(H3,25,27,29,30). The van der Waals surface area contributed by atoms with E-state index in [0.717, 1.165) is 57.8 Å². The van der Waals surface area contributed by atoms with Crippen LogP contribution >= 0.6 is 0 Å². The van der Waals surface area contributed by atoms with Gasteiger partial charge in [0.1, 0.15) is 11.6 Å². The Balaban J connectivity index is 1.41. The number of methoxy groups -OCH3 is 1. The number of aryl methyl sites for hydroxylation is 3. The first-order chi connectivity index (χ1) is 15.1. The zero-order chi connectivity index (χ0) is 21.4. The first kappa shape index (κ1) is 19.0. The summed E-state index contributed by atoms with van der Waals surface area (Å²) in [6.45, 7) is 2.05. The molecule has 0 atom stereocenters. The largest absolute Gasteiger partial charge is 0.495 e. The fourth-order valence-corrected chi connectivity index (χ4v) is 4.03. The van der Waals surface area contributed by atoms with Gasteiger partial charge in [-0.25, -0.2) is 4.98 Å². The van der Waals surface area contributed by atoms with Crippen LogP contribution in [0.2, 0.25) is 0 Å². The van der Waals surface area contributed by atoms with E-state index in [1.54, 1.807) is 13.3 Å². The van der Waals surface area contributed by atoms with Crippen LogP contribution in [0.25, 0.3) is 21.8 Å². The molecule has 0 aliphatic heterocycles. The molecule has 0 saturated carbocycles. The highest BCUT2D eigenvalue weighted by atomic mass is 16.5. The minimum Gasteiger partial charge on any atom is -0.495 e. The summed E-state index contributed by atoms with van der Waals surface area (Å²) in [7, 11) is 1.69. The van der Waals surface area contributed by atoms with Gasteiger partial charge in [0.2, 0.25) is 5.95 Å². The van der Waals surface area contributed by atoms with Crippen molar-refractivity contribution < 1.29 is 4.74 Å². The number of aromatic nitrogens is 4. The molecular formula is C24H24N6O. The highest BCUT2D eigenvalue weighted by Gasteiger charge is 2.12. The summed E-state index contributed by atoms with van der Waals surface area (Å²) in [4.78, 5) is 15.4. The van der Waals surface area contributed by atoms with Gasteiger partial charge < -0.3 is 25.8 Å². The number of aromatic amines is 2. The molecule has 5 aromatic rings. The quantitative estimate of drug-likeness (QED) is 0.319. The summed E-state index contributed by atoms with van der Waals surface area (Å²) in [5.41, 5.74) is 12.3. The van der Waals surface area contributed by atoms with E-state index < -0.39 is 0 Å². The van der Waals surface area contributed by atoms with Crippen molar-refractivity contribution in [3.63, 3.8) is 0 Å². The van der Waals surface area contributed by atoms with E-state index in [9.17, 15) is 0 Å². The number of para-hydroxylation sites is 1. The molecule has 2 aromatic carbocycles. The maximum atomic E-state index is 5.89. The normalized spacial score (nSPS) is 11.3. The molecule has 0 radical (unpaired) electrons. The second-order valence-corrected chi connectivity index (χ2v) is 7.68. The third-order valence-electron chi connectivity index (χ3n) is 5.55. The van der Waals surface area contributed by atoms with Gasteiger partial charge in [-0.05, 0) is 55.7 Å². The van der Waals surface area contributed by atoms with E-state index in [1.807, 2.05) is 24.4 Å². The first-order valence-electron chi connectivity index (χ1n) is 10.2. The molecule has 0 amide bonds. The molecule has 3 aromatic heterocycles. The van der Waals surface area contributed by atoms with Gasteiger partial charge in [0.15, 0.2) is 0 Å². The summed E-state index contributed by atoms with van der Waals surface area (Å²) in [5.74, 6) is 1.83. The lowest BCUT2D eigenvalue weighted by Gasteiger charge is -2.11. The van der Waals surface area contributed by atoms with Crippen LogP contribution in [0.15, 0.2) is 54.9 Å². The van der Waals surface area contributed by atoms with Crippen molar-refractivity contribution in [2.45, 2.75) is 19.8 Å². The number of benzene rings is 2. The van der Waals surface area contributed by atoms with Crippen LogP contribution < -0.4 is 15.8 Å². The van der Waals surface area contributed by atoms with E-state index in [-0.39, 0.29) is 5.95 Å². The molecular weight excluding hydrogens is 388 g/mol. The Kier molecular flexibility index (Phi) is 4.71. The summed E-state index contributed by atoms with van der Waals surface area (Å²) in [6.07, 6.45) is 5.46. The topological polar surface area (TPSA) is 105 Å². The van der Waals surface area contributed by atoms with Gasteiger partial charge in [-0.2, -0.15) is 4.98 Å². The molecule has 156 valence electrons. The number of ether oxygens (including phenoxy) is 1. The van der Waals surface area contributed by atoms with Gasteiger partial charge in [-0.1, -0.05) is 12.1 Å². The summed E-state index contributed by atoms with van der Waals surface area (Å²) in [5, 5.41) is 5.74. The van der Waals surface area contributed by atoms with Gasteiger partial charge in [0, 0.05) is 45.6 Å². The zero-order valence-corrected chi connectivity index (χ0v) is 17.5. The minimum atomic E-state index is 0.252. The van der Waals surface area contributed by atoms with Crippen LogP contribution in [0.5, 0.6) is 5.75 Å². The Bertz CT molecular complexity index is 1380. The fourth-order valence-electron chi connectivity index (χ4n) is 4.03. The highest BCUT2D eigenvalue weighted by Crippen LogP contribution is 2.29. The molecule has 5 rings (SSSR count). The van der Waals surface area contributed by atoms with Crippen molar-refractivity contribution >= 4 is 39.3 Å². The summed E-state index contributed by atoms with van der Waals surface area (Å²) >= 11 is 0. The van der Waals surface area contributed by atoms with Gasteiger partial charge in [-0.15, -0.1) is 0 Å². The maximum absolute atomic E-state index is 5.89. The molecule has 5 N–H and O–H groups in total. The van der Waals surface area contributed by atoms with Crippen molar-refractivity contribution in [3.05, 3.63) is 71.7 Å². The average Bonchev–Trinajstić information content (AvgIpc) is 3.35. The lowest BCUT2D eigenvalue weighted by atomic mass is 10.0. The molecule has 31 heavy (non-hydrogen) atoms. The maximum Gasteiger partial charge on any atom is 0.221 e. The van der Waals surface area contributed by atoms with Crippen molar-refractivity contribution in [1.29, 1.82) is 0 Å². The summed E-state index contributed by atoms with van der Waals surface area (Å²) < 4.78 is 5.46. The Morgan fingerprint density at radius 1 is 1.10 bits per heavy atom. The summed E-state index contributed by atoms with van der Waals surface area (Å²) in [6, 6.07) is 14.4. The Labute approximate surface area is 179 Å². The second kappa shape index (κ2) is 7.68. The number of nitrogens with one attached hydrogen (secondary N) is 3.